The quantitative estimate of drug-likeness (QED) is 0.668. The minimum Gasteiger partial charge on any atom is -0.332 e. The number of aromatic nitrogens is 2. The number of halogens is 2. The molecule has 0 aliphatic carbocycles. The molecule has 0 saturated carbocycles. The Bertz CT molecular complexity index is 1060. The Morgan fingerprint density at radius 1 is 1.22 bits per heavy atom. The highest BCUT2D eigenvalue weighted by Crippen LogP contribution is 2.21. The van der Waals surface area contributed by atoms with Crippen molar-refractivity contribution in [2.45, 2.75) is 31.7 Å². The van der Waals surface area contributed by atoms with E-state index in [4.69, 9.17) is 0 Å². The minimum absolute atomic E-state index is 0.0921. The van der Waals surface area contributed by atoms with E-state index in [2.05, 4.69) is 28.1 Å². The Hall–Kier alpha value is -2.32. The van der Waals surface area contributed by atoms with Gasteiger partial charge in [0.2, 0.25) is 10.0 Å². The first-order chi connectivity index (χ1) is 12.8. The van der Waals surface area contributed by atoms with Crippen LogP contribution in [-0.2, 0) is 23.0 Å². The van der Waals surface area contributed by atoms with Crippen LogP contribution in [0.15, 0.2) is 47.6 Å². The van der Waals surface area contributed by atoms with Gasteiger partial charge in [0, 0.05) is 36.9 Å². The maximum Gasteiger partial charge on any atom is 0.243 e. The Labute approximate surface area is 157 Å². The average molecular weight is 393 g/mol. The third-order valence-electron chi connectivity index (χ3n) is 4.15. The molecule has 0 fully saturated rings. The van der Waals surface area contributed by atoms with Gasteiger partial charge in [0.05, 0.1) is 0 Å². The van der Waals surface area contributed by atoms with Crippen molar-refractivity contribution in [3.05, 3.63) is 59.9 Å². The van der Waals surface area contributed by atoms with Crippen molar-refractivity contribution in [3.63, 3.8) is 0 Å². The molecule has 2 heterocycles. The van der Waals surface area contributed by atoms with E-state index in [1.807, 2.05) is 18.3 Å². The largest absolute Gasteiger partial charge is 0.332 e. The van der Waals surface area contributed by atoms with E-state index in [1.54, 1.807) is 6.20 Å². The summed E-state index contributed by atoms with van der Waals surface area (Å²) in [6.45, 7) is 5.12. The SMILES string of the molecule is CC(C)Cn1cc(CCNS(=O)(=O)c2ccc(F)cc2F)c2cccnc21. The summed E-state index contributed by atoms with van der Waals surface area (Å²) in [5, 5.41) is 0.963. The lowest BCUT2D eigenvalue weighted by molar-refractivity contribution is 0.532. The predicted octanol–water partition coefficient (Wildman–Crippen LogP) is 3.49. The Morgan fingerprint density at radius 2 is 2.00 bits per heavy atom. The summed E-state index contributed by atoms with van der Waals surface area (Å²) in [6, 6.07) is 6.18. The van der Waals surface area contributed by atoms with E-state index in [-0.39, 0.29) is 6.54 Å². The number of rotatable bonds is 7. The molecule has 3 aromatic rings. The minimum atomic E-state index is -4.06. The molecule has 0 spiro atoms. The molecule has 0 bridgehead atoms. The number of fused-ring (bicyclic) bond motifs is 1. The molecule has 0 atom stereocenters. The number of nitrogens with one attached hydrogen (secondary N) is 1. The number of hydrogen-bond acceptors (Lipinski definition) is 3. The van der Waals surface area contributed by atoms with Gasteiger partial charge in [-0.2, -0.15) is 0 Å². The van der Waals surface area contributed by atoms with Crippen molar-refractivity contribution >= 4 is 21.1 Å². The van der Waals surface area contributed by atoms with Gasteiger partial charge >= 0.3 is 0 Å². The lowest BCUT2D eigenvalue weighted by Crippen LogP contribution is -2.26. The van der Waals surface area contributed by atoms with Crippen molar-refractivity contribution in [2.75, 3.05) is 6.54 Å². The van der Waals surface area contributed by atoms with Gasteiger partial charge in [-0.3, -0.25) is 0 Å². The number of pyridine rings is 1. The van der Waals surface area contributed by atoms with Crippen LogP contribution in [-0.4, -0.2) is 24.5 Å². The van der Waals surface area contributed by atoms with E-state index < -0.39 is 26.6 Å². The molecule has 8 heteroatoms. The summed E-state index contributed by atoms with van der Waals surface area (Å²) in [5.41, 5.74) is 1.81. The van der Waals surface area contributed by atoms with Gasteiger partial charge in [0.15, 0.2) is 0 Å². The fourth-order valence-electron chi connectivity index (χ4n) is 3.02. The number of hydrogen-bond donors (Lipinski definition) is 1. The summed E-state index contributed by atoms with van der Waals surface area (Å²) in [6.07, 6.45) is 4.13. The first-order valence-corrected chi connectivity index (χ1v) is 10.1. The number of benzene rings is 1. The molecule has 1 N–H and O–H groups in total. The molecule has 1 aromatic carbocycles. The fraction of sp³-hybridized carbons (Fsp3) is 0.316. The van der Waals surface area contributed by atoms with Gasteiger partial charge in [0.1, 0.15) is 22.2 Å². The zero-order valence-corrected chi connectivity index (χ0v) is 15.9. The Morgan fingerprint density at radius 3 is 2.70 bits per heavy atom. The lowest BCUT2D eigenvalue weighted by Gasteiger charge is -2.07. The van der Waals surface area contributed by atoms with Gasteiger partial charge in [-0.25, -0.2) is 26.9 Å². The molecule has 0 amide bonds. The fourth-order valence-corrected chi connectivity index (χ4v) is 4.11. The molecule has 0 radical (unpaired) electrons. The van der Waals surface area contributed by atoms with E-state index in [1.165, 1.54) is 0 Å². The number of nitrogens with zero attached hydrogens (tertiary/aromatic N) is 2. The van der Waals surface area contributed by atoms with E-state index in [9.17, 15) is 17.2 Å². The average Bonchev–Trinajstić information content (AvgIpc) is 2.92. The van der Waals surface area contributed by atoms with Crippen LogP contribution < -0.4 is 4.72 Å². The monoisotopic (exact) mass is 393 g/mol. The third kappa shape index (κ3) is 4.33. The number of sulfonamides is 1. The first-order valence-electron chi connectivity index (χ1n) is 8.65. The van der Waals surface area contributed by atoms with Gasteiger partial charge in [0.25, 0.3) is 0 Å². The second kappa shape index (κ2) is 7.74. The Balaban J connectivity index is 1.77. The molecule has 0 saturated heterocycles. The molecule has 0 aliphatic rings. The summed E-state index contributed by atoms with van der Waals surface area (Å²) >= 11 is 0. The van der Waals surface area contributed by atoms with Gasteiger partial charge in [-0.1, -0.05) is 13.8 Å². The van der Waals surface area contributed by atoms with E-state index >= 15 is 0 Å². The van der Waals surface area contributed by atoms with Crippen molar-refractivity contribution < 1.29 is 17.2 Å². The molecule has 144 valence electrons. The predicted molar refractivity (Wildman–Crippen MR) is 99.8 cm³/mol. The second-order valence-corrected chi connectivity index (χ2v) is 8.53. The summed E-state index contributed by atoms with van der Waals surface area (Å²) in [4.78, 5) is 3.86. The van der Waals surface area contributed by atoms with Crippen LogP contribution in [0.4, 0.5) is 8.78 Å². The highest BCUT2D eigenvalue weighted by molar-refractivity contribution is 7.89. The van der Waals surface area contributed by atoms with Crippen LogP contribution >= 0.6 is 0 Å². The molecule has 5 nitrogen and oxygen atoms in total. The highest BCUT2D eigenvalue weighted by Gasteiger charge is 2.19. The van der Waals surface area contributed by atoms with Crippen molar-refractivity contribution in [1.29, 1.82) is 0 Å². The highest BCUT2D eigenvalue weighted by atomic mass is 32.2. The summed E-state index contributed by atoms with van der Waals surface area (Å²) in [7, 11) is -4.06. The first kappa shape index (κ1) is 19.4. The van der Waals surface area contributed by atoms with E-state index in [0.717, 1.165) is 35.3 Å². The van der Waals surface area contributed by atoms with Gasteiger partial charge in [-0.15, -0.1) is 0 Å². The van der Waals surface area contributed by atoms with E-state index in [0.29, 0.717) is 18.4 Å². The molecular formula is C19H21F2N3O2S. The van der Waals surface area contributed by atoms with Crippen molar-refractivity contribution in [2.24, 2.45) is 5.92 Å². The molecule has 3 rings (SSSR count). The van der Waals surface area contributed by atoms with Crippen molar-refractivity contribution in [1.82, 2.24) is 14.3 Å². The smallest absolute Gasteiger partial charge is 0.243 e. The normalized spacial score (nSPS) is 12.2. The summed E-state index contributed by atoms with van der Waals surface area (Å²) in [5.74, 6) is -1.49. The standard InChI is InChI=1S/C19H21F2N3O2S/c1-13(2)11-24-12-14(16-4-3-8-22-19(16)24)7-9-23-27(25,26)18-6-5-15(20)10-17(18)21/h3-6,8,10,12-13,23H,7,9,11H2,1-2H3. The molecule has 0 aliphatic heterocycles. The van der Waals surface area contributed by atoms with Crippen LogP contribution in [0.25, 0.3) is 11.0 Å². The van der Waals surface area contributed by atoms with Crippen LogP contribution in [0.5, 0.6) is 0 Å². The second-order valence-electron chi connectivity index (χ2n) is 6.80. The summed E-state index contributed by atoms with van der Waals surface area (Å²) < 4.78 is 55.7. The zero-order chi connectivity index (χ0) is 19.6. The van der Waals surface area contributed by atoms with Crippen molar-refractivity contribution in [3.8, 4) is 0 Å². The van der Waals surface area contributed by atoms with Gasteiger partial charge < -0.3 is 4.57 Å². The lowest BCUT2D eigenvalue weighted by atomic mass is 10.2. The molecule has 0 unspecified atom stereocenters. The Kier molecular flexibility index (Phi) is 5.57. The molecule has 2 aromatic heterocycles. The van der Waals surface area contributed by atoms with Crippen LogP contribution in [0.3, 0.4) is 0 Å². The van der Waals surface area contributed by atoms with Crippen LogP contribution in [0, 0.1) is 17.6 Å². The van der Waals surface area contributed by atoms with Crippen LogP contribution in [0.2, 0.25) is 0 Å². The zero-order valence-electron chi connectivity index (χ0n) is 15.1. The molecular weight excluding hydrogens is 372 g/mol. The van der Waals surface area contributed by atoms with Crippen LogP contribution in [0.1, 0.15) is 19.4 Å². The maximum atomic E-state index is 13.8. The third-order valence-corrected chi connectivity index (χ3v) is 5.64. The topological polar surface area (TPSA) is 64.0 Å². The van der Waals surface area contributed by atoms with Gasteiger partial charge in [-0.05, 0) is 42.2 Å². The maximum absolute atomic E-state index is 13.8. The molecule has 27 heavy (non-hydrogen) atoms.